The molecule has 0 atom stereocenters. The van der Waals surface area contributed by atoms with E-state index >= 15 is 0 Å². The largest absolute Gasteiger partial charge is 0.454 e. The molecule has 3 aromatic rings. The summed E-state index contributed by atoms with van der Waals surface area (Å²) in [5.74, 6) is 2.10. The summed E-state index contributed by atoms with van der Waals surface area (Å²) < 4.78 is 11.9. The average molecular weight is 256 g/mol. The number of hydrogen-bond acceptors (Lipinski definition) is 7. The fraction of sp³-hybridized carbons (Fsp3) is 0.0909. The third-order valence-electron chi connectivity index (χ3n) is 2.71. The van der Waals surface area contributed by atoms with E-state index in [0.717, 1.165) is 11.4 Å². The number of nitrogens with one attached hydrogen (secondary N) is 1. The van der Waals surface area contributed by atoms with Crippen LogP contribution in [0.1, 0.15) is 0 Å². The number of benzene rings is 1. The monoisotopic (exact) mass is 256 g/mol. The van der Waals surface area contributed by atoms with Gasteiger partial charge in [0, 0.05) is 11.8 Å². The van der Waals surface area contributed by atoms with E-state index in [4.69, 9.17) is 9.47 Å². The highest BCUT2D eigenvalue weighted by molar-refractivity contribution is 5.62. The quantitative estimate of drug-likeness (QED) is 0.731. The maximum Gasteiger partial charge on any atom is 0.231 e. The molecule has 0 radical (unpaired) electrons. The predicted molar refractivity (Wildman–Crippen MR) is 64.4 cm³/mol. The number of tetrazole rings is 1. The molecule has 0 fully saturated rings. The summed E-state index contributed by atoms with van der Waals surface area (Å²) in [4.78, 5) is 0. The molecule has 19 heavy (non-hydrogen) atoms. The van der Waals surface area contributed by atoms with Gasteiger partial charge in [-0.1, -0.05) is 0 Å². The molecule has 2 aromatic heterocycles. The molecule has 1 aromatic carbocycles. The molecular weight excluding hydrogens is 248 g/mol. The van der Waals surface area contributed by atoms with Crippen LogP contribution in [-0.4, -0.2) is 32.0 Å². The molecule has 1 aliphatic rings. The first kappa shape index (κ1) is 10.1. The molecule has 0 aliphatic carbocycles. The Morgan fingerprint density at radius 1 is 1.11 bits per heavy atom. The van der Waals surface area contributed by atoms with E-state index in [1.54, 1.807) is 12.1 Å². The van der Waals surface area contributed by atoms with E-state index in [9.17, 15) is 0 Å². The second-order valence-corrected chi connectivity index (χ2v) is 3.94. The number of nitrogens with zero attached hydrogens (tertiary/aromatic N) is 5. The van der Waals surface area contributed by atoms with Crippen LogP contribution in [0.3, 0.4) is 0 Å². The summed E-state index contributed by atoms with van der Waals surface area (Å²) in [5, 5.41) is 18.4. The smallest absolute Gasteiger partial charge is 0.231 e. The summed E-state index contributed by atoms with van der Waals surface area (Å²) in [6, 6.07) is 9.17. The van der Waals surface area contributed by atoms with Crippen LogP contribution >= 0.6 is 0 Å². The fourth-order valence-electron chi connectivity index (χ4n) is 1.84. The Bertz CT molecular complexity index is 756. The number of hydrogen-bond donors (Lipinski definition) is 1. The molecule has 94 valence electrons. The maximum atomic E-state index is 5.31. The van der Waals surface area contributed by atoms with Gasteiger partial charge >= 0.3 is 0 Å². The summed E-state index contributed by atoms with van der Waals surface area (Å²) in [6.45, 7) is 0.258. The van der Waals surface area contributed by atoms with E-state index in [1.165, 1.54) is 4.63 Å². The second-order valence-electron chi connectivity index (χ2n) is 3.94. The highest BCUT2D eigenvalue weighted by atomic mass is 16.7. The van der Waals surface area contributed by atoms with Gasteiger partial charge in [0.25, 0.3) is 0 Å². The maximum absolute atomic E-state index is 5.31. The van der Waals surface area contributed by atoms with Crippen LogP contribution in [0.2, 0.25) is 0 Å². The van der Waals surface area contributed by atoms with Crippen LogP contribution in [-0.2, 0) is 0 Å². The molecule has 3 heterocycles. The first-order valence-corrected chi connectivity index (χ1v) is 5.61. The van der Waals surface area contributed by atoms with E-state index in [2.05, 4.69) is 25.9 Å². The number of rotatable bonds is 2. The van der Waals surface area contributed by atoms with Crippen molar-refractivity contribution < 1.29 is 9.47 Å². The second kappa shape index (κ2) is 3.80. The lowest BCUT2D eigenvalue weighted by Gasteiger charge is -2.05. The predicted octanol–water partition coefficient (Wildman–Crippen LogP) is 0.992. The van der Waals surface area contributed by atoms with Crippen molar-refractivity contribution in [3.63, 3.8) is 0 Å². The molecule has 1 N–H and O–H groups in total. The van der Waals surface area contributed by atoms with Gasteiger partial charge in [0.15, 0.2) is 23.0 Å². The Morgan fingerprint density at radius 2 is 2.05 bits per heavy atom. The van der Waals surface area contributed by atoms with Crippen molar-refractivity contribution in [3.8, 4) is 11.5 Å². The Hall–Kier alpha value is -2.90. The molecule has 0 bridgehead atoms. The molecule has 0 saturated carbocycles. The normalized spacial score (nSPS) is 12.8. The van der Waals surface area contributed by atoms with Gasteiger partial charge in [-0.2, -0.15) is 0 Å². The molecule has 4 rings (SSSR count). The Balaban J connectivity index is 1.66. The zero-order valence-electron chi connectivity index (χ0n) is 9.65. The Kier molecular flexibility index (Phi) is 2.01. The van der Waals surface area contributed by atoms with Gasteiger partial charge in [0.05, 0.1) is 0 Å². The Morgan fingerprint density at radius 3 is 3.05 bits per heavy atom. The minimum atomic E-state index is 0.258. The van der Waals surface area contributed by atoms with Crippen LogP contribution < -0.4 is 14.8 Å². The summed E-state index contributed by atoms with van der Waals surface area (Å²) in [6.07, 6.45) is 0. The van der Waals surface area contributed by atoms with E-state index in [0.29, 0.717) is 17.2 Å². The Labute approximate surface area is 106 Å². The van der Waals surface area contributed by atoms with Crippen LogP contribution in [0.5, 0.6) is 11.5 Å². The van der Waals surface area contributed by atoms with E-state index in [1.807, 2.05) is 18.2 Å². The van der Waals surface area contributed by atoms with Crippen molar-refractivity contribution >= 4 is 17.2 Å². The third kappa shape index (κ3) is 1.69. The van der Waals surface area contributed by atoms with Crippen LogP contribution in [0.25, 0.3) is 5.65 Å². The zero-order chi connectivity index (χ0) is 12.7. The van der Waals surface area contributed by atoms with Crippen molar-refractivity contribution in [2.45, 2.75) is 0 Å². The highest BCUT2D eigenvalue weighted by Gasteiger charge is 2.13. The minimum Gasteiger partial charge on any atom is -0.454 e. The SMILES string of the molecule is c1cc2c(cc1Nc1ccc3nnnn3n1)OCO2. The molecule has 0 saturated heterocycles. The van der Waals surface area contributed by atoms with Crippen molar-refractivity contribution in [1.29, 1.82) is 0 Å². The molecule has 0 spiro atoms. The minimum absolute atomic E-state index is 0.258. The summed E-state index contributed by atoms with van der Waals surface area (Å²) in [5.41, 5.74) is 1.44. The topological polar surface area (TPSA) is 86.5 Å². The molecule has 8 heteroatoms. The molecule has 8 nitrogen and oxygen atoms in total. The lowest BCUT2D eigenvalue weighted by Crippen LogP contribution is -2.00. The van der Waals surface area contributed by atoms with Crippen molar-refractivity contribution in [3.05, 3.63) is 30.3 Å². The fourth-order valence-corrected chi connectivity index (χ4v) is 1.84. The van der Waals surface area contributed by atoms with E-state index < -0.39 is 0 Å². The lowest BCUT2D eigenvalue weighted by molar-refractivity contribution is 0.174. The standard InChI is InChI=1S/C11H8N6O2/c1-2-8-9(19-6-18-8)5-7(1)12-10-3-4-11-13-15-16-17(11)14-10/h1-5H,6H2,(H,12,14). The number of ether oxygens (including phenoxy) is 2. The summed E-state index contributed by atoms with van der Waals surface area (Å²) in [7, 11) is 0. The van der Waals surface area contributed by atoms with Gasteiger partial charge in [-0.3, -0.25) is 0 Å². The van der Waals surface area contributed by atoms with Crippen molar-refractivity contribution in [2.24, 2.45) is 0 Å². The zero-order valence-corrected chi connectivity index (χ0v) is 9.65. The highest BCUT2D eigenvalue weighted by Crippen LogP contribution is 2.34. The van der Waals surface area contributed by atoms with Gasteiger partial charge in [-0.15, -0.1) is 14.8 Å². The van der Waals surface area contributed by atoms with Crippen molar-refractivity contribution in [2.75, 3.05) is 12.1 Å². The van der Waals surface area contributed by atoms with Gasteiger partial charge in [0.1, 0.15) is 0 Å². The average Bonchev–Trinajstić information content (AvgIpc) is 3.05. The lowest BCUT2D eigenvalue weighted by atomic mass is 10.3. The number of aromatic nitrogens is 5. The number of anilines is 2. The number of fused-ring (bicyclic) bond motifs is 2. The van der Waals surface area contributed by atoms with E-state index in [-0.39, 0.29) is 6.79 Å². The molecule has 0 amide bonds. The van der Waals surface area contributed by atoms with Gasteiger partial charge < -0.3 is 14.8 Å². The summed E-state index contributed by atoms with van der Waals surface area (Å²) >= 11 is 0. The van der Waals surface area contributed by atoms with Gasteiger partial charge in [-0.05, 0) is 34.7 Å². The van der Waals surface area contributed by atoms with Crippen LogP contribution in [0, 0.1) is 0 Å². The van der Waals surface area contributed by atoms with Crippen LogP contribution in [0.4, 0.5) is 11.5 Å². The molecule has 0 unspecified atom stereocenters. The molecular formula is C11H8N6O2. The first-order valence-electron chi connectivity index (χ1n) is 5.61. The van der Waals surface area contributed by atoms with Gasteiger partial charge in [0.2, 0.25) is 6.79 Å². The third-order valence-corrected chi connectivity index (χ3v) is 2.71. The first-order chi connectivity index (χ1) is 9.38. The molecule has 1 aliphatic heterocycles. The van der Waals surface area contributed by atoms with Crippen LogP contribution in [0.15, 0.2) is 30.3 Å². The van der Waals surface area contributed by atoms with Gasteiger partial charge in [-0.25, -0.2) is 0 Å². The van der Waals surface area contributed by atoms with Crippen molar-refractivity contribution in [1.82, 2.24) is 25.3 Å².